The quantitative estimate of drug-likeness (QED) is 0.862. The van der Waals surface area contributed by atoms with E-state index >= 15 is 0 Å². The Bertz CT molecular complexity index is 661. The second-order valence-electron chi connectivity index (χ2n) is 5.39. The molecule has 0 aromatic heterocycles. The minimum Gasteiger partial charge on any atom is -0.497 e. The lowest BCUT2D eigenvalue weighted by Gasteiger charge is -2.17. The number of anilines is 1. The van der Waals surface area contributed by atoms with Crippen molar-refractivity contribution in [1.29, 1.82) is 0 Å². The molecular formula is C19H23NO3. The minimum absolute atomic E-state index is 0.0846. The molecule has 4 nitrogen and oxygen atoms in total. The molecule has 0 saturated heterocycles. The number of carbonyl (C=O) groups excluding carboxylic acids is 1. The standard InChI is InChI=1S/C19H23NO3/c1-5-18(23-4)17-11-8-15(12-13(17)2)20-19(21)14-6-9-16(22-3)10-7-14/h6-12,18H,5H2,1-4H3,(H,20,21). The fourth-order valence-corrected chi connectivity index (χ4v) is 2.57. The number of methoxy groups -OCH3 is 2. The maximum Gasteiger partial charge on any atom is 0.255 e. The lowest BCUT2D eigenvalue weighted by molar-refractivity contribution is 0.0995. The van der Waals surface area contributed by atoms with Crippen molar-refractivity contribution in [3.8, 4) is 5.75 Å². The van der Waals surface area contributed by atoms with Crippen LogP contribution in [0.4, 0.5) is 5.69 Å². The first-order valence-electron chi connectivity index (χ1n) is 7.67. The maximum absolute atomic E-state index is 12.3. The number of nitrogens with one attached hydrogen (secondary N) is 1. The predicted molar refractivity (Wildman–Crippen MR) is 92.2 cm³/mol. The normalized spacial score (nSPS) is 11.8. The zero-order valence-corrected chi connectivity index (χ0v) is 14.1. The van der Waals surface area contributed by atoms with E-state index in [2.05, 4.69) is 12.2 Å². The van der Waals surface area contributed by atoms with Gasteiger partial charge in [0.15, 0.2) is 0 Å². The number of ether oxygens (including phenoxy) is 2. The molecule has 1 amide bonds. The number of rotatable bonds is 6. The molecule has 1 N–H and O–H groups in total. The lowest BCUT2D eigenvalue weighted by atomic mass is 10.0. The summed E-state index contributed by atoms with van der Waals surface area (Å²) in [4.78, 5) is 12.3. The second-order valence-corrected chi connectivity index (χ2v) is 5.39. The molecule has 2 aromatic carbocycles. The van der Waals surface area contributed by atoms with E-state index in [0.717, 1.165) is 29.0 Å². The van der Waals surface area contributed by atoms with Crippen LogP contribution < -0.4 is 10.1 Å². The van der Waals surface area contributed by atoms with Crippen molar-refractivity contribution in [2.45, 2.75) is 26.4 Å². The number of carbonyl (C=O) groups is 1. The highest BCUT2D eigenvalue weighted by atomic mass is 16.5. The van der Waals surface area contributed by atoms with Crippen LogP contribution in [0.25, 0.3) is 0 Å². The van der Waals surface area contributed by atoms with Gasteiger partial charge in [0.05, 0.1) is 13.2 Å². The van der Waals surface area contributed by atoms with Gasteiger partial charge in [-0.1, -0.05) is 13.0 Å². The summed E-state index contributed by atoms with van der Waals surface area (Å²) in [5.41, 5.74) is 3.62. The maximum atomic E-state index is 12.3. The van der Waals surface area contributed by atoms with E-state index in [0.29, 0.717) is 5.56 Å². The molecule has 2 rings (SSSR count). The molecule has 4 heteroatoms. The molecule has 0 radical (unpaired) electrons. The van der Waals surface area contributed by atoms with Crippen molar-refractivity contribution < 1.29 is 14.3 Å². The molecule has 0 spiro atoms. The molecule has 1 atom stereocenters. The smallest absolute Gasteiger partial charge is 0.255 e. The van der Waals surface area contributed by atoms with Crippen LogP contribution in [0.3, 0.4) is 0 Å². The molecule has 0 heterocycles. The summed E-state index contributed by atoms with van der Waals surface area (Å²) in [6.45, 7) is 4.12. The zero-order valence-electron chi connectivity index (χ0n) is 14.1. The van der Waals surface area contributed by atoms with Crippen molar-refractivity contribution in [2.24, 2.45) is 0 Å². The van der Waals surface area contributed by atoms with Gasteiger partial charge >= 0.3 is 0 Å². The molecule has 0 fully saturated rings. The molecule has 122 valence electrons. The minimum atomic E-state index is -0.140. The molecular weight excluding hydrogens is 290 g/mol. The summed E-state index contributed by atoms with van der Waals surface area (Å²) in [6, 6.07) is 12.9. The van der Waals surface area contributed by atoms with E-state index in [9.17, 15) is 4.79 Å². The Hall–Kier alpha value is -2.33. The lowest BCUT2D eigenvalue weighted by Crippen LogP contribution is -2.12. The van der Waals surface area contributed by atoms with Gasteiger partial charge in [-0.15, -0.1) is 0 Å². The van der Waals surface area contributed by atoms with E-state index in [1.54, 1.807) is 38.5 Å². The Morgan fingerprint density at radius 3 is 2.35 bits per heavy atom. The third-order valence-corrected chi connectivity index (χ3v) is 3.88. The van der Waals surface area contributed by atoms with Crippen LogP contribution in [0.1, 0.15) is 40.9 Å². The molecule has 0 saturated carbocycles. The Morgan fingerprint density at radius 2 is 1.83 bits per heavy atom. The third kappa shape index (κ3) is 4.11. The summed E-state index contributed by atoms with van der Waals surface area (Å²) in [6.07, 6.45) is 0.996. The number of aryl methyl sites for hydroxylation is 1. The molecule has 23 heavy (non-hydrogen) atoms. The van der Waals surface area contributed by atoms with Crippen LogP contribution in [-0.2, 0) is 4.74 Å². The average Bonchev–Trinajstić information content (AvgIpc) is 2.57. The van der Waals surface area contributed by atoms with Gasteiger partial charge in [-0.2, -0.15) is 0 Å². The molecule has 2 aromatic rings. The van der Waals surface area contributed by atoms with E-state index in [1.807, 2.05) is 25.1 Å². The highest BCUT2D eigenvalue weighted by molar-refractivity contribution is 6.04. The van der Waals surface area contributed by atoms with Crippen molar-refractivity contribution in [2.75, 3.05) is 19.5 Å². The molecule has 0 aliphatic carbocycles. The van der Waals surface area contributed by atoms with Crippen LogP contribution in [-0.4, -0.2) is 20.1 Å². The van der Waals surface area contributed by atoms with Crippen molar-refractivity contribution in [1.82, 2.24) is 0 Å². The van der Waals surface area contributed by atoms with Gasteiger partial charge in [0, 0.05) is 18.4 Å². The zero-order chi connectivity index (χ0) is 16.8. The highest BCUT2D eigenvalue weighted by Crippen LogP contribution is 2.26. The van der Waals surface area contributed by atoms with Gasteiger partial charge < -0.3 is 14.8 Å². The van der Waals surface area contributed by atoms with Gasteiger partial charge in [-0.05, 0) is 60.9 Å². The molecule has 1 unspecified atom stereocenters. The van der Waals surface area contributed by atoms with Gasteiger partial charge in [0.1, 0.15) is 5.75 Å². The van der Waals surface area contributed by atoms with Crippen LogP contribution in [0.15, 0.2) is 42.5 Å². The van der Waals surface area contributed by atoms with Gasteiger partial charge in [0.25, 0.3) is 5.91 Å². The van der Waals surface area contributed by atoms with Crippen LogP contribution in [0.5, 0.6) is 5.75 Å². The van der Waals surface area contributed by atoms with Crippen LogP contribution in [0, 0.1) is 6.92 Å². The first kappa shape index (κ1) is 17.0. The average molecular weight is 313 g/mol. The topological polar surface area (TPSA) is 47.6 Å². The SMILES string of the molecule is CCC(OC)c1ccc(NC(=O)c2ccc(OC)cc2)cc1C. The van der Waals surface area contributed by atoms with Gasteiger partial charge in [-0.25, -0.2) is 0 Å². The van der Waals surface area contributed by atoms with Crippen LogP contribution >= 0.6 is 0 Å². The summed E-state index contributed by atoms with van der Waals surface area (Å²) < 4.78 is 10.6. The fraction of sp³-hybridized carbons (Fsp3) is 0.316. The Labute approximate surface area is 137 Å². The largest absolute Gasteiger partial charge is 0.497 e. The summed E-state index contributed by atoms with van der Waals surface area (Å²) in [5, 5.41) is 2.92. The first-order valence-corrected chi connectivity index (χ1v) is 7.67. The first-order chi connectivity index (χ1) is 11.1. The number of amides is 1. The summed E-state index contributed by atoms with van der Waals surface area (Å²) in [7, 11) is 3.32. The van der Waals surface area contributed by atoms with Gasteiger partial charge in [0.2, 0.25) is 0 Å². The van der Waals surface area contributed by atoms with E-state index in [4.69, 9.17) is 9.47 Å². The van der Waals surface area contributed by atoms with Crippen molar-refractivity contribution in [3.05, 3.63) is 59.2 Å². The van der Waals surface area contributed by atoms with Crippen molar-refractivity contribution >= 4 is 11.6 Å². The Kier molecular flexibility index (Phi) is 5.77. The number of hydrogen-bond donors (Lipinski definition) is 1. The molecule has 0 aliphatic rings. The molecule has 0 bridgehead atoms. The number of benzene rings is 2. The van der Waals surface area contributed by atoms with E-state index < -0.39 is 0 Å². The number of hydrogen-bond acceptors (Lipinski definition) is 3. The van der Waals surface area contributed by atoms with Crippen LogP contribution in [0.2, 0.25) is 0 Å². The highest BCUT2D eigenvalue weighted by Gasteiger charge is 2.12. The summed E-state index contributed by atoms with van der Waals surface area (Å²) in [5.74, 6) is 0.588. The van der Waals surface area contributed by atoms with E-state index in [-0.39, 0.29) is 12.0 Å². The fourth-order valence-electron chi connectivity index (χ4n) is 2.57. The monoisotopic (exact) mass is 313 g/mol. The molecule has 0 aliphatic heterocycles. The van der Waals surface area contributed by atoms with E-state index in [1.165, 1.54) is 0 Å². The second kappa shape index (κ2) is 7.79. The van der Waals surface area contributed by atoms with Crippen molar-refractivity contribution in [3.63, 3.8) is 0 Å². The summed E-state index contributed by atoms with van der Waals surface area (Å²) >= 11 is 0. The Morgan fingerprint density at radius 1 is 1.13 bits per heavy atom. The third-order valence-electron chi connectivity index (χ3n) is 3.88. The van der Waals surface area contributed by atoms with Gasteiger partial charge in [-0.3, -0.25) is 4.79 Å². The Balaban J connectivity index is 2.13. The predicted octanol–water partition coefficient (Wildman–Crippen LogP) is 4.35.